The van der Waals surface area contributed by atoms with Crippen molar-refractivity contribution in [1.82, 2.24) is 0 Å². The summed E-state index contributed by atoms with van der Waals surface area (Å²) in [5.74, 6) is 1.42. The Morgan fingerprint density at radius 1 is 0.857 bits per heavy atom. The van der Waals surface area contributed by atoms with Crippen LogP contribution < -0.4 is 29.6 Å². The third-order valence-corrected chi connectivity index (χ3v) is 4.35. The molecule has 2 bridgehead atoms. The number of rotatable bonds is 2. The van der Waals surface area contributed by atoms with E-state index in [1.165, 1.54) is 38.5 Å². The predicted molar refractivity (Wildman–Crippen MR) is 55.0 cm³/mol. The summed E-state index contributed by atoms with van der Waals surface area (Å²) in [6.07, 6.45) is 8.03. The van der Waals surface area contributed by atoms with Gasteiger partial charge in [0.1, 0.15) is 0 Å². The maximum absolute atomic E-state index is 5.74. The summed E-state index contributed by atoms with van der Waals surface area (Å²) in [4.78, 5) is 0. The van der Waals surface area contributed by atoms with Gasteiger partial charge in [-0.15, -0.1) is 11.6 Å². The molecule has 0 aromatic heterocycles. The average Bonchev–Trinajstić information content (AvgIpc) is 2.16. The fourth-order valence-electron chi connectivity index (χ4n) is 3.75. The van der Waals surface area contributed by atoms with Crippen molar-refractivity contribution >= 4 is 6.55 Å². The zero-order valence-electron chi connectivity index (χ0n) is 9.79. The van der Waals surface area contributed by atoms with Crippen molar-refractivity contribution < 1.29 is 38.9 Å². The largest absolute Gasteiger partial charge is 1.00 e. The molecule has 0 aliphatic carbocycles. The first-order chi connectivity index (χ1) is 6.33. The van der Waals surface area contributed by atoms with Crippen LogP contribution in [-0.4, -0.2) is 20.8 Å². The molecule has 4 heteroatoms. The molecule has 14 heavy (non-hydrogen) atoms. The van der Waals surface area contributed by atoms with Gasteiger partial charge in [0, 0.05) is 0 Å². The fourth-order valence-corrected chi connectivity index (χ4v) is 3.75. The number of fused-ring (bicyclic) bond motifs is 2. The quantitative estimate of drug-likeness (QED) is 0.584. The molecule has 2 aliphatic rings. The molecular formula is C10H20BNaO2. The third-order valence-electron chi connectivity index (χ3n) is 4.35. The number of hydrogen-bond donors (Lipinski definition) is 0. The van der Waals surface area contributed by atoms with E-state index in [2.05, 4.69) is 0 Å². The van der Waals surface area contributed by atoms with E-state index in [1.54, 1.807) is 0 Å². The monoisotopic (exact) mass is 206 g/mol. The zero-order valence-corrected chi connectivity index (χ0v) is 11.8. The summed E-state index contributed by atoms with van der Waals surface area (Å²) < 4.78 is 11.5. The summed E-state index contributed by atoms with van der Waals surface area (Å²) in [5, 5.41) is 0. The molecule has 2 rings (SSSR count). The molecule has 2 aliphatic heterocycles. The maximum atomic E-state index is 5.74. The molecule has 76 valence electrons. The van der Waals surface area contributed by atoms with Crippen molar-refractivity contribution in [2.24, 2.45) is 0 Å². The van der Waals surface area contributed by atoms with E-state index >= 15 is 0 Å². The van der Waals surface area contributed by atoms with Crippen LogP contribution in [0.3, 0.4) is 0 Å². The van der Waals surface area contributed by atoms with Crippen LogP contribution in [-0.2, 0) is 9.31 Å². The fraction of sp³-hybridized carbons (Fsp3) is 1.00. The topological polar surface area (TPSA) is 18.5 Å². The Morgan fingerprint density at radius 3 is 1.43 bits per heavy atom. The second-order valence-electron chi connectivity index (χ2n) is 4.69. The van der Waals surface area contributed by atoms with Crippen molar-refractivity contribution in [2.75, 3.05) is 14.2 Å². The SMILES string of the molecule is CO[B-]1(OC)C2CCCC1CCC2.[Na+]. The Balaban J connectivity index is 0.000000980. The minimum atomic E-state index is -0.924. The van der Waals surface area contributed by atoms with Gasteiger partial charge >= 0.3 is 29.6 Å². The van der Waals surface area contributed by atoms with Gasteiger partial charge in [-0.3, -0.25) is 0 Å². The van der Waals surface area contributed by atoms with Gasteiger partial charge in [0.2, 0.25) is 6.55 Å². The van der Waals surface area contributed by atoms with Crippen LogP contribution >= 0.6 is 0 Å². The molecule has 0 N–H and O–H groups in total. The summed E-state index contributed by atoms with van der Waals surface area (Å²) in [5.41, 5.74) is 0. The average molecular weight is 206 g/mol. The van der Waals surface area contributed by atoms with E-state index in [4.69, 9.17) is 9.31 Å². The second kappa shape index (κ2) is 5.35. The van der Waals surface area contributed by atoms with Gasteiger partial charge in [-0.05, 0) is 14.2 Å². The molecule has 0 saturated carbocycles. The van der Waals surface area contributed by atoms with Crippen molar-refractivity contribution in [2.45, 2.75) is 50.2 Å². The smallest absolute Gasteiger partial charge is 0.570 e. The number of hydrogen-bond acceptors (Lipinski definition) is 2. The van der Waals surface area contributed by atoms with Gasteiger partial charge in [-0.1, -0.05) is 38.5 Å². The Labute approximate surface area is 109 Å². The van der Waals surface area contributed by atoms with E-state index in [0.717, 1.165) is 0 Å². The molecule has 0 aromatic carbocycles. The molecule has 0 unspecified atom stereocenters. The van der Waals surface area contributed by atoms with Crippen LogP contribution in [0.5, 0.6) is 0 Å². The molecule has 2 fully saturated rings. The Bertz CT molecular complexity index is 161. The van der Waals surface area contributed by atoms with Crippen molar-refractivity contribution in [3.63, 3.8) is 0 Å². The van der Waals surface area contributed by atoms with Gasteiger partial charge in [0.15, 0.2) is 0 Å². The van der Waals surface area contributed by atoms with Crippen LogP contribution in [0.25, 0.3) is 0 Å². The molecule has 0 atom stereocenters. The Morgan fingerprint density at radius 2 is 1.21 bits per heavy atom. The van der Waals surface area contributed by atoms with Crippen LogP contribution in [0.1, 0.15) is 38.5 Å². The van der Waals surface area contributed by atoms with Crippen LogP contribution in [0, 0.1) is 0 Å². The Hall–Kier alpha value is 0.985. The van der Waals surface area contributed by atoms with Crippen LogP contribution in [0.15, 0.2) is 0 Å². The van der Waals surface area contributed by atoms with E-state index in [9.17, 15) is 0 Å². The molecule has 2 heterocycles. The van der Waals surface area contributed by atoms with Crippen LogP contribution in [0.2, 0.25) is 11.6 Å². The van der Waals surface area contributed by atoms with E-state index in [0.29, 0.717) is 11.6 Å². The first-order valence-corrected chi connectivity index (χ1v) is 5.59. The summed E-state index contributed by atoms with van der Waals surface area (Å²) in [6, 6.07) is 0. The van der Waals surface area contributed by atoms with Crippen molar-refractivity contribution in [3.8, 4) is 0 Å². The first-order valence-electron chi connectivity index (χ1n) is 5.59. The minimum Gasteiger partial charge on any atom is -0.570 e. The van der Waals surface area contributed by atoms with Gasteiger partial charge in [0.25, 0.3) is 0 Å². The molecule has 0 spiro atoms. The molecule has 2 nitrogen and oxygen atoms in total. The summed E-state index contributed by atoms with van der Waals surface area (Å²) >= 11 is 0. The Kier molecular flexibility index (Phi) is 4.99. The second-order valence-corrected chi connectivity index (χ2v) is 4.69. The van der Waals surface area contributed by atoms with E-state index < -0.39 is 6.55 Å². The predicted octanol–water partition coefficient (Wildman–Crippen LogP) is -0.166. The van der Waals surface area contributed by atoms with Crippen molar-refractivity contribution in [1.29, 1.82) is 0 Å². The summed E-state index contributed by atoms with van der Waals surface area (Å²) in [7, 11) is 3.67. The van der Waals surface area contributed by atoms with E-state index in [-0.39, 0.29) is 29.6 Å². The standard InChI is InChI=1S/C10H20BO2.Na/c1-12-11(13-2)9-5-3-6-10(11)8-4-7-9;/h9-10H,3-8H2,1-2H3;/q-1;+1. The third kappa shape index (κ3) is 1.94. The summed E-state index contributed by atoms with van der Waals surface area (Å²) in [6.45, 7) is -0.924. The molecule has 2 saturated heterocycles. The van der Waals surface area contributed by atoms with Crippen molar-refractivity contribution in [3.05, 3.63) is 0 Å². The maximum Gasteiger partial charge on any atom is 1.00 e. The van der Waals surface area contributed by atoms with Gasteiger partial charge in [0.05, 0.1) is 0 Å². The molecule has 0 amide bonds. The molecule has 0 radical (unpaired) electrons. The molecule has 0 aromatic rings. The van der Waals surface area contributed by atoms with Crippen LogP contribution in [0.4, 0.5) is 0 Å². The zero-order chi connectivity index (χ0) is 9.31. The van der Waals surface area contributed by atoms with E-state index in [1.807, 2.05) is 14.2 Å². The van der Waals surface area contributed by atoms with Gasteiger partial charge < -0.3 is 9.31 Å². The van der Waals surface area contributed by atoms with Gasteiger partial charge in [-0.25, -0.2) is 0 Å². The van der Waals surface area contributed by atoms with Gasteiger partial charge in [-0.2, -0.15) is 0 Å². The normalized spacial score (nSPS) is 34.7. The first kappa shape index (κ1) is 13.1. The minimum absolute atomic E-state index is 0. The molecular weight excluding hydrogens is 186 g/mol.